The summed E-state index contributed by atoms with van der Waals surface area (Å²) in [6.45, 7) is 8.15. The fourth-order valence-electron chi connectivity index (χ4n) is 5.13. The van der Waals surface area contributed by atoms with Crippen molar-refractivity contribution in [2.45, 2.75) is 58.3 Å². The maximum absolute atomic E-state index is 11.7. The number of nitrogens with zero attached hydrogens (tertiary/aromatic N) is 6. The molecule has 2 aromatic rings. The highest BCUT2D eigenvalue weighted by Gasteiger charge is 2.33. The van der Waals surface area contributed by atoms with Crippen LogP contribution >= 0.6 is 0 Å². The normalized spacial score (nSPS) is 22.3. The van der Waals surface area contributed by atoms with Gasteiger partial charge < -0.3 is 14.4 Å². The molecule has 7 nitrogen and oxygen atoms in total. The number of para-hydroxylation sites is 1. The zero-order chi connectivity index (χ0) is 19.8. The van der Waals surface area contributed by atoms with Gasteiger partial charge in [-0.3, -0.25) is 9.69 Å². The van der Waals surface area contributed by atoms with Crippen LogP contribution in [0.2, 0.25) is 0 Å². The van der Waals surface area contributed by atoms with E-state index in [1.807, 2.05) is 4.90 Å². The number of hydrogen-bond acceptors (Lipinski definition) is 5. The molecule has 0 spiro atoms. The number of amides is 1. The Labute approximate surface area is 172 Å². The van der Waals surface area contributed by atoms with Gasteiger partial charge in [0.05, 0.1) is 12.6 Å². The molecule has 0 bridgehead atoms. The first-order valence-electron chi connectivity index (χ1n) is 10.9. The van der Waals surface area contributed by atoms with Gasteiger partial charge in [-0.05, 0) is 43.9 Å². The summed E-state index contributed by atoms with van der Waals surface area (Å²) in [7, 11) is 0. The summed E-state index contributed by atoms with van der Waals surface area (Å²) in [4.78, 5) is 18.7. The lowest BCUT2D eigenvalue weighted by atomic mass is 10.1. The quantitative estimate of drug-likeness (QED) is 0.798. The van der Waals surface area contributed by atoms with Gasteiger partial charge in [-0.1, -0.05) is 18.2 Å². The third-order valence-corrected chi connectivity index (χ3v) is 6.70. The Morgan fingerprint density at radius 1 is 1.03 bits per heavy atom. The van der Waals surface area contributed by atoms with E-state index in [2.05, 4.69) is 48.8 Å². The first kappa shape index (κ1) is 18.6. The van der Waals surface area contributed by atoms with Crippen molar-refractivity contribution < 1.29 is 4.79 Å². The van der Waals surface area contributed by atoms with Crippen LogP contribution in [0, 0.1) is 0 Å². The predicted octanol–water partition coefficient (Wildman–Crippen LogP) is 2.58. The van der Waals surface area contributed by atoms with E-state index in [-0.39, 0.29) is 5.91 Å². The number of likely N-dealkylation sites (tertiary alicyclic amines) is 1. The molecule has 3 aliphatic heterocycles. The van der Waals surface area contributed by atoms with E-state index < -0.39 is 0 Å². The summed E-state index contributed by atoms with van der Waals surface area (Å²) in [5, 5.41) is 9.03. The Balaban J connectivity index is 1.37. The SMILES string of the molecule is CC(=O)N1CCn2c(nnc2[C@H]2CCCN2Cc2ccccc2N2CCCC2)C1. The number of aromatic nitrogens is 3. The molecule has 0 saturated carbocycles. The number of hydrogen-bond donors (Lipinski definition) is 0. The van der Waals surface area contributed by atoms with Crippen molar-refractivity contribution in [3.63, 3.8) is 0 Å². The van der Waals surface area contributed by atoms with Crippen LogP contribution in [0.15, 0.2) is 24.3 Å². The molecule has 0 radical (unpaired) electrons. The minimum Gasteiger partial charge on any atom is -0.371 e. The van der Waals surface area contributed by atoms with Crippen molar-refractivity contribution in [2.75, 3.05) is 31.1 Å². The number of anilines is 1. The molecular formula is C22H30N6O. The second-order valence-corrected chi connectivity index (χ2v) is 8.52. The molecule has 0 aliphatic carbocycles. The smallest absolute Gasteiger partial charge is 0.219 e. The van der Waals surface area contributed by atoms with Crippen molar-refractivity contribution >= 4 is 11.6 Å². The second kappa shape index (κ2) is 7.78. The zero-order valence-corrected chi connectivity index (χ0v) is 17.3. The van der Waals surface area contributed by atoms with Crippen molar-refractivity contribution in [2.24, 2.45) is 0 Å². The van der Waals surface area contributed by atoms with Gasteiger partial charge in [0.1, 0.15) is 0 Å². The molecule has 4 heterocycles. The molecule has 29 heavy (non-hydrogen) atoms. The predicted molar refractivity (Wildman–Crippen MR) is 111 cm³/mol. The Morgan fingerprint density at radius 3 is 2.69 bits per heavy atom. The maximum atomic E-state index is 11.7. The number of carbonyl (C=O) groups excluding carboxylic acids is 1. The summed E-state index contributed by atoms with van der Waals surface area (Å²) in [6.07, 6.45) is 4.91. The van der Waals surface area contributed by atoms with Gasteiger partial charge >= 0.3 is 0 Å². The highest BCUT2D eigenvalue weighted by molar-refractivity contribution is 5.73. The molecule has 0 unspecified atom stereocenters. The lowest BCUT2D eigenvalue weighted by molar-refractivity contribution is -0.130. The van der Waals surface area contributed by atoms with E-state index >= 15 is 0 Å². The maximum Gasteiger partial charge on any atom is 0.219 e. The summed E-state index contributed by atoms with van der Waals surface area (Å²) >= 11 is 0. The highest BCUT2D eigenvalue weighted by atomic mass is 16.2. The topological polar surface area (TPSA) is 57.5 Å². The van der Waals surface area contributed by atoms with Crippen LogP contribution in [0.1, 0.15) is 55.9 Å². The molecule has 3 aliphatic rings. The van der Waals surface area contributed by atoms with Gasteiger partial charge in [0.25, 0.3) is 0 Å². The Bertz CT molecular complexity index is 887. The lowest BCUT2D eigenvalue weighted by Gasteiger charge is -2.30. The van der Waals surface area contributed by atoms with E-state index in [0.29, 0.717) is 12.6 Å². The first-order valence-corrected chi connectivity index (χ1v) is 10.9. The summed E-state index contributed by atoms with van der Waals surface area (Å²) < 4.78 is 2.26. The van der Waals surface area contributed by atoms with E-state index in [1.54, 1.807) is 6.92 Å². The molecule has 1 aromatic heterocycles. The van der Waals surface area contributed by atoms with Gasteiger partial charge in [-0.25, -0.2) is 0 Å². The zero-order valence-electron chi connectivity index (χ0n) is 17.3. The molecule has 2 saturated heterocycles. The average molecular weight is 395 g/mol. The monoisotopic (exact) mass is 394 g/mol. The van der Waals surface area contributed by atoms with Crippen LogP contribution in [0.4, 0.5) is 5.69 Å². The van der Waals surface area contributed by atoms with Gasteiger partial charge in [0, 0.05) is 45.3 Å². The number of rotatable bonds is 4. The summed E-state index contributed by atoms with van der Waals surface area (Å²) in [6, 6.07) is 9.20. The molecular weight excluding hydrogens is 364 g/mol. The number of fused-ring (bicyclic) bond motifs is 1. The fraction of sp³-hybridized carbons (Fsp3) is 0.591. The highest BCUT2D eigenvalue weighted by Crippen LogP contribution is 2.35. The third-order valence-electron chi connectivity index (χ3n) is 6.70. The molecule has 7 heteroatoms. The van der Waals surface area contributed by atoms with Crippen LogP contribution in [0.25, 0.3) is 0 Å². The van der Waals surface area contributed by atoms with Crippen LogP contribution in [0.5, 0.6) is 0 Å². The molecule has 2 fully saturated rings. The van der Waals surface area contributed by atoms with Crippen LogP contribution < -0.4 is 4.90 Å². The fourth-order valence-corrected chi connectivity index (χ4v) is 5.13. The van der Waals surface area contributed by atoms with Crippen LogP contribution in [-0.4, -0.2) is 56.7 Å². The standard InChI is InChI=1S/C22H30N6O/c1-17(29)26-13-14-28-21(16-26)23-24-22(28)20-9-6-12-27(20)15-18-7-2-3-8-19(18)25-10-4-5-11-25/h2-3,7-8,20H,4-6,9-16H2,1H3/t20-/m1/s1. The van der Waals surface area contributed by atoms with E-state index in [0.717, 1.165) is 44.2 Å². The molecule has 154 valence electrons. The molecule has 0 N–H and O–H groups in total. The molecule has 5 rings (SSSR count). The molecule has 1 amide bonds. The third kappa shape index (κ3) is 3.52. The summed E-state index contributed by atoms with van der Waals surface area (Å²) in [5.41, 5.74) is 2.82. The van der Waals surface area contributed by atoms with Crippen LogP contribution in [0.3, 0.4) is 0 Å². The van der Waals surface area contributed by atoms with Gasteiger partial charge in [0.15, 0.2) is 11.6 Å². The lowest BCUT2D eigenvalue weighted by Crippen LogP contribution is -2.38. The van der Waals surface area contributed by atoms with E-state index in [4.69, 9.17) is 0 Å². The number of benzene rings is 1. The van der Waals surface area contributed by atoms with Crippen molar-refractivity contribution in [3.05, 3.63) is 41.5 Å². The molecule has 1 atom stereocenters. The average Bonchev–Trinajstić information content (AvgIpc) is 3.48. The van der Waals surface area contributed by atoms with Gasteiger partial charge in [-0.2, -0.15) is 0 Å². The van der Waals surface area contributed by atoms with Gasteiger partial charge in [0.2, 0.25) is 5.91 Å². The van der Waals surface area contributed by atoms with E-state index in [9.17, 15) is 4.79 Å². The van der Waals surface area contributed by atoms with Crippen LogP contribution in [-0.2, 0) is 24.4 Å². The van der Waals surface area contributed by atoms with Gasteiger partial charge in [-0.15, -0.1) is 10.2 Å². The summed E-state index contributed by atoms with van der Waals surface area (Å²) in [5.74, 6) is 2.12. The minimum atomic E-state index is 0.113. The van der Waals surface area contributed by atoms with Crippen molar-refractivity contribution in [3.8, 4) is 0 Å². The molecule has 1 aromatic carbocycles. The second-order valence-electron chi connectivity index (χ2n) is 8.52. The number of carbonyl (C=O) groups is 1. The first-order chi connectivity index (χ1) is 14.2. The van der Waals surface area contributed by atoms with Crippen molar-refractivity contribution in [1.29, 1.82) is 0 Å². The Kier molecular flexibility index (Phi) is 4.99. The largest absolute Gasteiger partial charge is 0.371 e. The Morgan fingerprint density at radius 2 is 1.86 bits per heavy atom. The van der Waals surface area contributed by atoms with E-state index in [1.165, 1.54) is 43.6 Å². The Hall–Kier alpha value is -2.41. The van der Waals surface area contributed by atoms with Crippen molar-refractivity contribution in [1.82, 2.24) is 24.6 Å². The minimum absolute atomic E-state index is 0.113.